The fraction of sp³-hybridized carbons (Fsp3) is 0.200. The van der Waals surface area contributed by atoms with Gasteiger partial charge in [-0.25, -0.2) is 0 Å². The lowest BCUT2D eigenvalue weighted by Gasteiger charge is -2.02. The first-order chi connectivity index (χ1) is 7.02. The number of para-hydroxylation sites is 1. The van der Waals surface area contributed by atoms with Gasteiger partial charge in [-0.05, 0) is 13.0 Å². The van der Waals surface area contributed by atoms with Crippen LogP contribution in [0.4, 0.5) is 5.69 Å². The zero-order valence-corrected chi connectivity index (χ0v) is 9.12. The lowest BCUT2D eigenvalue weighted by atomic mass is 10.3. The molecule has 0 N–H and O–H groups in total. The third-order valence-electron chi connectivity index (χ3n) is 1.68. The zero-order valence-electron chi connectivity index (χ0n) is 8.30. The molecule has 0 saturated carbocycles. The van der Waals surface area contributed by atoms with Gasteiger partial charge in [0.25, 0.3) is 5.69 Å². The van der Waals surface area contributed by atoms with Crippen molar-refractivity contribution in [1.82, 2.24) is 0 Å². The minimum absolute atomic E-state index is 0.0999. The summed E-state index contributed by atoms with van der Waals surface area (Å²) < 4.78 is 11.7. The molecule has 1 aromatic rings. The van der Waals surface area contributed by atoms with Gasteiger partial charge in [0, 0.05) is 11.8 Å². The average Bonchev–Trinajstić information content (AvgIpc) is 2.16. The van der Waals surface area contributed by atoms with Crippen LogP contribution in [0.25, 0.3) is 0 Å². The highest BCUT2D eigenvalue weighted by Crippen LogP contribution is 2.22. The molecule has 0 aliphatic heterocycles. The van der Waals surface area contributed by atoms with E-state index >= 15 is 0 Å². The van der Waals surface area contributed by atoms with Gasteiger partial charge in [-0.3, -0.25) is 14.3 Å². The summed E-state index contributed by atoms with van der Waals surface area (Å²) >= 11 is 0. The summed E-state index contributed by atoms with van der Waals surface area (Å²) in [5.74, 6) is 0.255. The number of nitro groups is 1. The summed E-state index contributed by atoms with van der Waals surface area (Å²) in [5.41, 5.74) is 0.642. The first kappa shape index (κ1) is 11.6. The van der Waals surface area contributed by atoms with Crippen LogP contribution in [-0.4, -0.2) is 14.9 Å². The molecule has 1 rings (SSSR count). The molecule has 1 unspecified atom stereocenters. The predicted molar refractivity (Wildman–Crippen MR) is 59.2 cm³/mol. The van der Waals surface area contributed by atoms with E-state index in [4.69, 9.17) is 0 Å². The largest absolute Gasteiger partial charge is 0.285 e. The number of benzene rings is 1. The second-order valence-corrected chi connectivity index (χ2v) is 4.59. The highest BCUT2D eigenvalue weighted by Gasteiger charge is 2.17. The predicted octanol–water partition coefficient (Wildman–Crippen LogP) is 2.28. The van der Waals surface area contributed by atoms with Gasteiger partial charge in [-0.15, -0.1) is 0 Å². The van der Waals surface area contributed by atoms with Crippen molar-refractivity contribution >= 4 is 16.5 Å². The summed E-state index contributed by atoms with van der Waals surface area (Å²) in [6, 6.07) is 6.06. The molecule has 0 fully saturated rings. The molecule has 0 spiro atoms. The van der Waals surface area contributed by atoms with E-state index in [0.717, 1.165) is 5.57 Å². The molecule has 15 heavy (non-hydrogen) atoms. The van der Waals surface area contributed by atoms with Crippen molar-refractivity contribution in [3.8, 4) is 0 Å². The van der Waals surface area contributed by atoms with Gasteiger partial charge in [0.15, 0.2) is 0 Å². The Kier molecular flexibility index (Phi) is 3.74. The van der Waals surface area contributed by atoms with Crippen molar-refractivity contribution in [2.75, 3.05) is 5.75 Å². The van der Waals surface area contributed by atoms with Crippen LogP contribution < -0.4 is 0 Å². The van der Waals surface area contributed by atoms with E-state index in [1.54, 1.807) is 19.1 Å². The maximum absolute atomic E-state index is 11.7. The quantitative estimate of drug-likeness (QED) is 0.448. The molecular formula is C10H11NO3S. The van der Waals surface area contributed by atoms with Crippen LogP contribution in [0.1, 0.15) is 6.92 Å². The minimum atomic E-state index is -1.39. The third-order valence-corrected chi connectivity index (χ3v) is 3.28. The van der Waals surface area contributed by atoms with E-state index in [-0.39, 0.29) is 16.3 Å². The average molecular weight is 225 g/mol. The minimum Gasteiger partial charge on any atom is -0.258 e. The lowest BCUT2D eigenvalue weighted by molar-refractivity contribution is -0.387. The molecule has 0 amide bonds. The van der Waals surface area contributed by atoms with Crippen molar-refractivity contribution in [3.63, 3.8) is 0 Å². The fourth-order valence-corrected chi connectivity index (χ4v) is 2.31. The Morgan fingerprint density at radius 3 is 2.67 bits per heavy atom. The Hall–Kier alpha value is -1.49. The highest BCUT2D eigenvalue weighted by atomic mass is 32.2. The maximum atomic E-state index is 11.7. The van der Waals surface area contributed by atoms with Gasteiger partial charge in [-0.2, -0.15) is 0 Å². The zero-order chi connectivity index (χ0) is 11.4. The molecule has 1 atom stereocenters. The molecule has 0 saturated heterocycles. The van der Waals surface area contributed by atoms with E-state index < -0.39 is 15.7 Å². The number of hydrogen-bond donors (Lipinski definition) is 0. The van der Waals surface area contributed by atoms with Crippen molar-refractivity contribution in [1.29, 1.82) is 0 Å². The van der Waals surface area contributed by atoms with Crippen LogP contribution in [-0.2, 0) is 10.8 Å². The van der Waals surface area contributed by atoms with Gasteiger partial charge >= 0.3 is 0 Å². The van der Waals surface area contributed by atoms with Crippen LogP contribution in [0.5, 0.6) is 0 Å². The summed E-state index contributed by atoms with van der Waals surface area (Å²) in [6.07, 6.45) is 0. The third kappa shape index (κ3) is 2.99. The Labute approximate surface area is 90.2 Å². The first-order valence-electron chi connectivity index (χ1n) is 4.28. The van der Waals surface area contributed by atoms with Gasteiger partial charge in [0.1, 0.15) is 4.90 Å². The fourth-order valence-electron chi connectivity index (χ4n) is 1.10. The van der Waals surface area contributed by atoms with Crippen molar-refractivity contribution < 1.29 is 9.13 Å². The number of nitro benzene ring substituents is 1. The molecule has 0 bridgehead atoms. The highest BCUT2D eigenvalue weighted by molar-refractivity contribution is 7.85. The molecule has 80 valence electrons. The molecule has 0 radical (unpaired) electrons. The molecule has 0 heterocycles. The van der Waals surface area contributed by atoms with Crippen molar-refractivity contribution in [3.05, 3.63) is 46.5 Å². The maximum Gasteiger partial charge on any atom is 0.285 e. The molecule has 0 aromatic heterocycles. The van der Waals surface area contributed by atoms with Crippen LogP contribution >= 0.6 is 0 Å². The van der Waals surface area contributed by atoms with E-state index in [0.29, 0.717) is 0 Å². The smallest absolute Gasteiger partial charge is 0.258 e. The SMILES string of the molecule is C=C(C)CS(=O)c1ccccc1[N+](=O)[O-]. The van der Waals surface area contributed by atoms with E-state index in [2.05, 4.69) is 6.58 Å². The molecular weight excluding hydrogens is 214 g/mol. The molecule has 5 heteroatoms. The van der Waals surface area contributed by atoms with E-state index in [9.17, 15) is 14.3 Å². The molecule has 0 aliphatic carbocycles. The van der Waals surface area contributed by atoms with E-state index in [1.807, 2.05) is 0 Å². The monoisotopic (exact) mass is 225 g/mol. The van der Waals surface area contributed by atoms with E-state index in [1.165, 1.54) is 12.1 Å². The standard InChI is InChI=1S/C10H11NO3S/c1-8(2)7-15(14)10-6-4-3-5-9(10)11(12)13/h3-6H,1,7H2,2H3. The van der Waals surface area contributed by atoms with Gasteiger partial charge in [-0.1, -0.05) is 24.3 Å². The normalized spacial score (nSPS) is 12.1. The molecule has 0 aliphatic rings. The topological polar surface area (TPSA) is 60.2 Å². The summed E-state index contributed by atoms with van der Waals surface area (Å²) in [5, 5.41) is 10.7. The summed E-state index contributed by atoms with van der Waals surface area (Å²) in [4.78, 5) is 10.4. The second kappa shape index (κ2) is 4.84. The second-order valence-electron chi connectivity index (χ2n) is 3.17. The van der Waals surface area contributed by atoms with Gasteiger partial charge in [0.2, 0.25) is 0 Å². The lowest BCUT2D eigenvalue weighted by Crippen LogP contribution is -2.02. The van der Waals surface area contributed by atoms with Crippen LogP contribution in [0.2, 0.25) is 0 Å². The van der Waals surface area contributed by atoms with Crippen LogP contribution in [0.15, 0.2) is 41.3 Å². The van der Waals surface area contributed by atoms with Crippen molar-refractivity contribution in [2.45, 2.75) is 11.8 Å². The Morgan fingerprint density at radius 2 is 2.13 bits per heavy atom. The molecule has 4 nitrogen and oxygen atoms in total. The number of rotatable bonds is 4. The summed E-state index contributed by atoms with van der Waals surface area (Å²) in [7, 11) is -1.39. The summed E-state index contributed by atoms with van der Waals surface area (Å²) in [6.45, 7) is 5.37. The van der Waals surface area contributed by atoms with Gasteiger partial charge < -0.3 is 0 Å². The molecule has 1 aromatic carbocycles. The number of nitrogens with zero attached hydrogens (tertiary/aromatic N) is 1. The van der Waals surface area contributed by atoms with Crippen molar-refractivity contribution in [2.24, 2.45) is 0 Å². The van der Waals surface area contributed by atoms with Crippen LogP contribution in [0.3, 0.4) is 0 Å². The van der Waals surface area contributed by atoms with Gasteiger partial charge in [0.05, 0.1) is 15.7 Å². The number of hydrogen-bond acceptors (Lipinski definition) is 3. The Bertz CT molecular complexity index is 428. The first-order valence-corrected chi connectivity index (χ1v) is 5.60. The Morgan fingerprint density at radius 1 is 1.53 bits per heavy atom. The Balaban J connectivity index is 3.08. The van der Waals surface area contributed by atoms with Crippen LogP contribution in [0, 0.1) is 10.1 Å².